The summed E-state index contributed by atoms with van der Waals surface area (Å²) in [6.45, 7) is 3.79. The van der Waals surface area contributed by atoms with E-state index in [9.17, 15) is 22.4 Å². The molecule has 0 aliphatic carbocycles. The quantitative estimate of drug-likeness (QED) is 0.170. The van der Waals surface area contributed by atoms with Crippen molar-refractivity contribution in [2.75, 3.05) is 19.8 Å². The molecule has 14 heteroatoms. The van der Waals surface area contributed by atoms with Crippen LogP contribution in [0, 0.1) is 5.82 Å². The molecule has 6 rings (SSSR count). The Morgan fingerprint density at radius 2 is 2.02 bits per heavy atom. The lowest BCUT2D eigenvalue weighted by Crippen LogP contribution is -2.34. The summed E-state index contributed by atoms with van der Waals surface area (Å²) < 4.78 is 74.4. The van der Waals surface area contributed by atoms with Crippen LogP contribution in [0.1, 0.15) is 52.0 Å². The summed E-state index contributed by atoms with van der Waals surface area (Å²) in [5.41, 5.74) is 1.42. The van der Waals surface area contributed by atoms with E-state index in [0.29, 0.717) is 55.3 Å². The molecular weight excluding hydrogens is 606 g/mol. The van der Waals surface area contributed by atoms with Gasteiger partial charge in [-0.2, -0.15) is 13.2 Å². The standard InChI is InChI=1S/C30H28ClF4N5O4/c1-2-42-29(41)24-11-23-26(12-36-24)40(13-20-6-8-43-20)27(37-23)15-39-7-5-17-9-21(30(33,34)35)28(38-25(17)14-39)44-16-18-3-4-19(31)10-22(18)32/h3-4,9-12,20H,2,5-8,13-16H2,1H3/t20-/m0/s1. The molecule has 0 amide bonds. The molecule has 0 spiro atoms. The summed E-state index contributed by atoms with van der Waals surface area (Å²) in [7, 11) is 0. The van der Waals surface area contributed by atoms with Crippen molar-refractivity contribution in [3.8, 4) is 5.88 Å². The van der Waals surface area contributed by atoms with E-state index in [1.807, 2.05) is 9.47 Å². The Bertz CT molecular complexity index is 1710. The third kappa shape index (κ3) is 6.35. The molecule has 0 bridgehead atoms. The lowest BCUT2D eigenvalue weighted by molar-refractivity contribution is -0.139. The minimum absolute atomic E-state index is 0.0191. The minimum atomic E-state index is -4.71. The molecule has 0 radical (unpaired) electrons. The molecule has 1 atom stereocenters. The van der Waals surface area contributed by atoms with E-state index in [-0.39, 0.29) is 35.5 Å². The second-order valence-electron chi connectivity index (χ2n) is 10.6. The number of ether oxygens (including phenoxy) is 3. The minimum Gasteiger partial charge on any atom is -0.472 e. The summed E-state index contributed by atoms with van der Waals surface area (Å²) in [5.74, 6) is -1.14. The molecule has 1 fully saturated rings. The number of halogens is 5. The Morgan fingerprint density at radius 1 is 1.20 bits per heavy atom. The predicted octanol–water partition coefficient (Wildman–Crippen LogP) is 5.74. The molecule has 0 N–H and O–H groups in total. The van der Waals surface area contributed by atoms with Gasteiger partial charge in [0.15, 0.2) is 5.69 Å². The van der Waals surface area contributed by atoms with E-state index in [2.05, 4.69) is 9.97 Å². The van der Waals surface area contributed by atoms with Crippen LogP contribution in [0.5, 0.6) is 5.88 Å². The zero-order valence-corrected chi connectivity index (χ0v) is 24.4. The third-order valence-electron chi connectivity index (χ3n) is 7.65. The number of hydrogen-bond acceptors (Lipinski definition) is 8. The Hall–Kier alpha value is -3.81. The molecule has 0 unspecified atom stereocenters. The molecule has 1 saturated heterocycles. The van der Waals surface area contributed by atoms with Gasteiger partial charge < -0.3 is 18.8 Å². The van der Waals surface area contributed by atoms with E-state index in [4.69, 9.17) is 30.8 Å². The van der Waals surface area contributed by atoms with E-state index < -0.39 is 36.0 Å². The van der Waals surface area contributed by atoms with Crippen molar-refractivity contribution in [1.82, 2.24) is 24.4 Å². The van der Waals surface area contributed by atoms with Crippen molar-refractivity contribution in [3.05, 3.63) is 81.3 Å². The number of rotatable bonds is 9. The summed E-state index contributed by atoms with van der Waals surface area (Å²) in [4.78, 5) is 27.6. The first kappa shape index (κ1) is 30.2. The monoisotopic (exact) mass is 633 g/mol. The van der Waals surface area contributed by atoms with Crippen LogP contribution >= 0.6 is 11.6 Å². The van der Waals surface area contributed by atoms with Crippen LogP contribution in [-0.2, 0) is 48.3 Å². The highest BCUT2D eigenvalue weighted by Crippen LogP contribution is 2.38. The fourth-order valence-electron chi connectivity index (χ4n) is 5.28. The molecule has 44 heavy (non-hydrogen) atoms. The number of aromatic nitrogens is 4. The van der Waals surface area contributed by atoms with Gasteiger partial charge in [-0.15, -0.1) is 0 Å². The van der Waals surface area contributed by atoms with Gasteiger partial charge in [0.2, 0.25) is 5.88 Å². The molecule has 2 aliphatic rings. The Labute approximate surface area is 254 Å². The fourth-order valence-corrected chi connectivity index (χ4v) is 5.44. The normalized spacial score (nSPS) is 16.9. The Balaban J connectivity index is 1.26. The number of nitrogens with zero attached hydrogens (tertiary/aromatic N) is 5. The van der Waals surface area contributed by atoms with Gasteiger partial charge in [0, 0.05) is 30.3 Å². The zero-order chi connectivity index (χ0) is 31.0. The summed E-state index contributed by atoms with van der Waals surface area (Å²) >= 11 is 5.79. The average molecular weight is 634 g/mol. The van der Waals surface area contributed by atoms with Crippen molar-refractivity contribution in [1.29, 1.82) is 0 Å². The average Bonchev–Trinajstić information content (AvgIpc) is 3.29. The van der Waals surface area contributed by atoms with Gasteiger partial charge >= 0.3 is 12.1 Å². The Kier molecular flexibility index (Phi) is 8.44. The van der Waals surface area contributed by atoms with Crippen LogP contribution in [-0.4, -0.2) is 56.3 Å². The molecule has 1 aromatic carbocycles. The molecule has 9 nitrogen and oxygen atoms in total. The van der Waals surface area contributed by atoms with Crippen LogP contribution in [0.15, 0.2) is 36.5 Å². The number of fused-ring (bicyclic) bond motifs is 2. The van der Waals surface area contributed by atoms with Gasteiger partial charge in [-0.1, -0.05) is 17.7 Å². The topological polar surface area (TPSA) is 91.6 Å². The molecule has 5 heterocycles. The highest BCUT2D eigenvalue weighted by molar-refractivity contribution is 6.30. The number of carbonyl (C=O) groups excluding carboxylic acids is 1. The van der Waals surface area contributed by atoms with Crippen LogP contribution in [0.25, 0.3) is 11.0 Å². The number of hydrogen-bond donors (Lipinski definition) is 0. The largest absolute Gasteiger partial charge is 0.472 e. The first-order valence-corrected chi connectivity index (χ1v) is 14.5. The number of carbonyl (C=O) groups is 1. The van der Waals surface area contributed by atoms with E-state index in [0.717, 1.165) is 24.1 Å². The molecule has 0 saturated carbocycles. The molecule has 2 aliphatic heterocycles. The number of esters is 1. The number of alkyl halides is 3. The molecule has 4 aromatic rings. The van der Waals surface area contributed by atoms with Gasteiger partial charge in [0.25, 0.3) is 0 Å². The maximum absolute atomic E-state index is 14.3. The van der Waals surface area contributed by atoms with Crippen molar-refractivity contribution in [3.63, 3.8) is 0 Å². The van der Waals surface area contributed by atoms with Crippen LogP contribution in [0.2, 0.25) is 5.02 Å². The van der Waals surface area contributed by atoms with E-state index in [1.54, 1.807) is 19.2 Å². The summed E-state index contributed by atoms with van der Waals surface area (Å²) in [6, 6.07) is 6.52. The van der Waals surface area contributed by atoms with Crippen LogP contribution in [0.3, 0.4) is 0 Å². The summed E-state index contributed by atoms with van der Waals surface area (Å²) in [6.07, 6.45) is -1.87. The van der Waals surface area contributed by atoms with Gasteiger partial charge in [-0.05, 0) is 49.6 Å². The highest BCUT2D eigenvalue weighted by Gasteiger charge is 2.37. The lowest BCUT2D eigenvalue weighted by atomic mass is 10.0. The van der Waals surface area contributed by atoms with Gasteiger partial charge in [0.05, 0.1) is 48.7 Å². The predicted molar refractivity (Wildman–Crippen MR) is 151 cm³/mol. The lowest BCUT2D eigenvalue weighted by Gasteiger charge is -2.30. The maximum Gasteiger partial charge on any atom is 0.421 e. The van der Waals surface area contributed by atoms with Crippen molar-refractivity contribution >= 4 is 28.6 Å². The summed E-state index contributed by atoms with van der Waals surface area (Å²) in [5, 5.41) is 0.165. The molecule has 232 valence electrons. The Morgan fingerprint density at radius 3 is 2.73 bits per heavy atom. The first-order valence-electron chi connectivity index (χ1n) is 14.1. The van der Waals surface area contributed by atoms with E-state index >= 15 is 0 Å². The second kappa shape index (κ2) is 12.3. The smallest absolute Gasteiger partial charge is 0.421 e. The van der Waals surface area contributed by atoms with Gasteiger partial charge in [0.1, 0.15) is 23.8 Å². The maximum atomic E-state index is 14.3. The van der Waals surface area contributed by atoms with Crippen molar-refractivity contribution in [2.45, 2.75) is 58.3 Å². The fraction of sp³-hybridized carbons (Fsp3) is 0.400. The van der Waals surface area contributed by atoms with Gasteiger partial charge in [-0.25, -0.2) is 24.1 Å². The van der Waals surface area contributed by atoms with Crippen LogP contribution < -0.4 is 4.74 Å². The van der Waals surface area contributed by atoms with Gasteiger partial charge in [-0.3, -0.25) is 4.90 Å². The van der Waals surface area contributed by atoms with E-state index in [1.165, 1.54) is 12.1 Å². The third-order valence-corrected chi connectivity index (χ3v) is 7.89. The van der Waals surface area contributed by atoms with Crippen molar-refractivity contribution < 1.29 is 36.6 Å². The number of pyridine rings is 2. The zero-order valence-electron chi connectivity index (χ0n) is 23.7. The molecule has 3 aromatic heterocycles. The SMILES string of the molecule is CCOC(=O)c1cc2nc(CN3CCc4cc(C(F)(F)F)c(OCc5ccc(Cl)cc5F)nc4C3)n(C[C@@H]3CCO3)c2cn1. The molecular formula is C30H28ClF4N5O4. The van der Waals surface area contributed by atoms with Crippen LogP contribution in [0.4, 0.5) is 17.6 Å². The number of imidazole rings is 1. The second-order valence-corrected chi connectivity index (χ2v) is 11.1. The first-order chi connectivity index (χ1) is 21.1. The number of benzene rings is 1. The highest BCUT2D eigenvalue weighted by atomic mass is 35.5. The van der Waals surface area contributed by atoms with Crippen molar-refractivity contribution in [2.24, 2.45) is 0 Å².